The van der Waals surface area contributed by atoms with Gasteiger partial charge in [-0.25, -0.2) is 9.59 Å². The van der Waals surface area contributed by atoms with Gasteiger partial charge in [-0.05, 0) is 54.3 Å². The molecule has 10 heteroatoms. The Labute approximate surface area is 181 Å². The van der Waals surface area contributed by atoms with Crippen LogP contribution in [0.4, 0.5) is 10.5 Å². The highest BCUT2D eigenvalue weighted by molar-refractivity contribution is 7.07. The monoisotopic (exact) mass is 437 g/mol. The van der Waals surface area contributed by atoms with Gasteiger partial charge in [0.05, 0.1) is 0 Å². The van der Waals surface area contributed by atoms with Gasteiger partial charge in [0.15, 0.2) is 0 Å². The molecule has 0 bridgehead atoms. The molecule has 2 aromatic heterocycles. The maximum Gasteiger partial charge on any atom is 0.437 e. The summed E-state index contributed by atoms with van der Waals surface area (Å²) < 4.78 is 15.3. The van der Waals surface area contributed by atoms with E-state index in [0.29, 0.717) is 22.0 Å². The standard InChI is InChI=1S/C21H19N5O4S/c1-4-13-5-6-15(18-24-26(3)21(28)29-18)11-17(13)14-7-9-16(10-8-14)22-20(27)30-19-12(2)23-25-31-19/h5-11H,4H2,1-3H3,(H,22,27). The number of hydrogen-bond donors (Lipinski definition) is 1. The number of carbonyl (C=O) groups excluding carboxylic acids is 1. The van der Waals surface area contributed by atoms with E-state index in [9.17, 15) is 9.59 Å². The second-order valence-corrected chi connectivity index (χ2v) is 7.48. The number of nitrogens with zero attached hydrogens (tertiary/aromatic N) is 4. The average Bonchev–Trinajstić information content (AvgIpc) is 3.32. The number of hydrogen-bond acceptors (Lipinski definition) is 8. The largest absolute Gasteiger partial charge is 0.437 e. The van der Waals surface area contributed by atoms with Gasteiger partial charge in [-0.2, -0.15) is 4.68 Å². The number of amides is 1. The van der Waals surface area contributed by atoms with Crippen LogP contribution in [0, 0.1) is 6.92 Å². The number of aryl methyl sites for hydroxylation is 3. The van der Waals surface area contributed by atoms with E-state index in [-0.39, 0.29) is 5.89 Å². The Balaban J connectivity index is 1.56. The lowest BCUT2D eigenvalue weighted by molar-refractivity contribution is 0.216. The van der Waals surface area contributed by atoms with E-state index in [0.717, 1.165) is 39.3 Å². The zero-order chi connectivity index (χ0) is 22.0. The van der Waals surface area contributed by atoms with Crippen molar-refractivity contribution < 1.29 is 13.9 Å². The average molecular weight is 437 g/mol. The topological polar surface area (TPSA) is 112 Å². The van der Waals surface area contributed by atoms with Crippen LogP contribution in [-0.2, 0) is 13.5 Å². The molecule has 0 saturated carbocycles. The minimum Gasteiger partial charge on any atom is -0.395 e. The SMILES string of the molecule is CCc1ccc(-c2nn(C)c(=O)o2)cc1-c1ccc(NC(=O)Oc2snnc2C)cc1. The van der Waals surface area contributed by atoms with Crippen LogP contribution >= 0.6 is 11.5 Å². The van der Waals surface area contributed by atoms with E-state index in [1.165, 1.54) is 0 Å². The van der Waals surface area contributed by atoms with Gasteiger partial charge in [-0.15, -0.1) is 10.2 Å². The predicted molar refractivity (Wildman–Crippen MR) is 116 cm³/mol. The second kappa shape index (κ2) is 8.52. The van der Waals surface area contributed by atoms with E-state index in [1.807, 2.05) is 30.3 Å². The zero-order valence-corrected chi connectivity index (χ0v) is 17.9. The van der Waals surface area contributed by atoms with E-state index >= 15 is 0 Å². The molecule has 0 spiro atoms. The summed E-state index contributed by atoms with van der Waals surface area (Å²) in [6.07, 6.45) is 0.222. The van der Waals surface area contributed by atoms with Crippen LogP contribution in [0.5, 0.6) is 5.06 Å². The Hall–Kier alpha value is -3.79. The lowest BCUT2D eigenvalue weighted by Gasteiger charge is -2.11. The van der Waals surface area contributed by atoms with Crippen LogP contribution in [0.15, 0.2) is 51.7 Å². The van der Waals surface area contributed by atoms with Gasteiger partial charge in [0.2, 0.25) is 11.0 Å². The highest BCUT2D eigenvalue weighted by Crippen LogP contribution is 2.30. The fraction of sp³-hybridized carbons (Fsp3) is 0.190. The third kappa shape index (κ3) is 4.38. The summed E-state index contributed by atoms with van der Waals surface area (Å²) >= 11 is 1.02. The molecule has 0 aliphatic rings. The summed E-state index contributed by atoms with van der Waals surface area (Å²) in [6, 6.07) is 13.2. The number of benzene rings is 2. The summed E-state index contributed by atoms with van der Waals surface area (Å²) in [6.45, 7) is 3.79. The minimum absolute atomic E-state index is 0.269. The first-order valence-corrected chi connectivity index (χ1v) is 10.3. The Bertz CT molecular complexity index is 1290. The Morgan fingerprint density at radius 2 is 1.94 bits per heavy atom. The fourth-order valence-electron chi connectivity index (χ4n) is 3.03. The van der Waals surface area contributed by atoms with Crippen molar-refractivity contribution in [2.75, 3.05) is 5.32 Å². The molecule has 0 aliphatic heterocycles. The summed E-state index contributed by atoms with van der Waals surface area (Å²) in [4.78, 5) is 23.7. The first-order valence-electron chi connectivity index (χ1n) is 9.50. The molecule has 158 valence electrons. The molecule has 0 aliphatic carbocycles. The van der Waals surface area contributed by atoms with Crippen molar-refractivity contribution in [1.29, 1.82) is 0 Å². The van der Waals surface area contributed by atoms with Crippen LogP contribution in [-0.4, -0.2) is 25.5 Å². The third-order valence-electron chi connectivity index (χ3n) is 4.66. The van der Waals surface area contributed by atoms with E-state index in [2.05, 4.69) is 26.9 Å². The Kier molecular flexibility index (Phi) is 5.63. The van der Waals surface area contributed by atoms with Crippen LogP contribution in [0.2, 0.25) is 0 Å². The van der Waals surface area contributed by atoms with Gasteiger partial charge < -0.3 is 9.15 Å². The van der Waals surface area contributed by atoms with Crippen molar-refractivity contribution in [2.45, 2.75) is 20.3 Å². The number of carbonyl (C=O) groups is 1. The summed E-state index contributed by atoms with van der Waals surface area (Å²) in [5.41, 5.74) is 4.95. The van der Waals surface area contributed by atoms with Crippen molar-refractivity contribution in [3.8, 4) is 27.6 Å². The number of anilines is 1. The van der Waals surface area contributed by atoms with Gasteiger partial charge in [0.25, 0.3) is 0 Å². The zero-order valence-electron chi connectivity index (χ0n) is 17.1. The van der Waals surface area contributed by atoms with Gasteiger partial charge in [0, 0.05) is 29.8 Å². The van der Waals surface area contributed by atoms with Crippen LogP contribution in [0.1, 0.15) is 18.2 Å². The van der Waals surface area contributed by atoms with Crippen molar-refractivity contribution in [3.05, 3.63) is 64.3 Å². The maximum absolute atomic E-state index is 12.1. The Morgan fingerprint density at radius 3 is 2.55 bits per heavy atom. The van der Waals surface area contributed by atoms with Gasteiger partial charge in [0.1, 0.15) is 5.69 Å². The first kappa shape index (κ1) is 20.5. The number of nitrogens with one attached hydrogen (secondary N) is 1. The molecule has 0 radical (unpaired) electrons. The van der Waals surface area contributed by atoms with Gasteiger partial charge >= 0.3 is 11.8 Å². The fourth-order valence-corrected chi connectivity index (χ4v) is 3.55. The molecule has 0 unspecified atom stereocenters. The molecular weight excluding hydrogens is 418 g/mol. The summed E-state index contributed by atoms with van der Waals surface area (Å²) in [5.74, 6) is -0.243. The number of ether oxygens (including phenoxy) is 1. The molecule has 9 nitrogen and oxygen atoms in total. The molecule has 31 heavy (non-hydrogen) atoms. The lowest BCUT2D eigenvalue weighted by Crippen LogP contribution is -2.16. The van der Waals surface area contributed by atoms with Crippen molar-refractivity contribution in [3.63, 3.8) is 0 Å². The lowest BCUT2D eigenvalue weighted by atomic mass is 9.95. The van der Waals surface area contributed by atoms with Gasteiger partial charge in [-0.3, -0.25) is 5.32 Å². The Morgan fingerprint density at radius 1 is 1.19 bits per heavy atom. The predicted octanol–water partition coefficient (Wildman–Crippen LogP) is 4.04. The quantitative estimate of drug-likeness (QED) is 0.501. The molecule has 2 heterocycles. The summed E-state index contributed by atoms with van der Waals surface area (Å²) in [5, 5.41) is 11.0. The maximum atomic E-state index is 12.1. The molecule has 4 aromatic rings. The molecule has 1 N–H and O–H groups in total. The molecule has 4 rings (SSSR count). The van der Waals surface area contributed by atoms with Crippen LogP contribution in [0.25, 0.3) is 22.6 Å². The van der Waals surface area contributed by atoms with E-state index in [4.69, 9.17) is 9.15 Å². The summed E-state index contributed by atoms with van der Waals surface area (Å²) in [7, 11) is 1.54. The molecule has 0 atom stereocenters. The van der Waals surface area contributed by atoms with Crippen LogP contribution in [0.3, 0.4) is 0 Å². The second-order valence-electron chi connectivity index (χ2n) is 6.76. The minimum atomic E-state index is -0.608. The van der Waals surface area contributed by atoms with Crippen LogP contribution < -0.4 is 15.8 Å². The first-order chi connectivity index (χ1) is 14.9. The normalized spacial score (nSPS) is 10.8. The third-order valence-corrected chi connectivity index (χ3v) is 5.37. The highest BCUT2D eigenvalue weighted by Gasteiger charge is 2.13. The molecule has 0 fully saturated rings. The van der Waals surface area contributed by atoms with Crippen molar-refractivity contribution in [1.82, 2.24) is 19.4 Å². The van der Waals surface area contributed by atoms with E-state index in [1.54, 1.807) is 26.1 Å². The van der Waals surface area contributed by atoms with Crippen molar-refractivity contribution >= 4 is 23.3 Å². The number of aromatic nitrogens is 4. The van der Waals surface area contributed by atoms with Gasteiger partial charge in [-0.1, -0.05) is 29.6 Å². The molecular formula is C21H19N5O4S. The number of rotatable bonds is 5. The smallest absolute Gasteiger partial charge is 0.395 e. The highest BCUT2D eigenvalue weighted by atomic mass is 32.1. The molecule has 1 amide bonds. The molecule has 2 aromatic carbocycles. The van der Waals surface area contributed by atoms with E-state index < -0.39 is 11.8 Å². The molecule has 0 saturated heterocycles. The van der Waals surface area contributed by atoms with Crippen molar-refractivity contribution in [2.24, 2.45) is 7.05 Å².